The van der Waals surface area contributed by atoms with Crippen molar-refractivity contribution in [2.75, 3.05) is 6.61 Å². The van der Waals surface area contributed by atoms with Crippen LogP contribution in [0.25, 0.3) is 0 Å². The van der Waals surface area contributed by atoms with Crippen LogP contribution in [-0.2, 0) is 9.69 Å². The van der Waals surface area contributed by atoms with Crippen LogP contribution in [-0.4, -0.2) is 19.2 Å². The molecule has 1 fully saturated rings. The molecule has 0 saturated carbocycles. The van der Waals surface area contributed by atoms with Crippen LogP contribution in [0.1, 0.15) is 17.1 Å². The largest absolute Gasteiger partial charge is 0.364 e. The normalized spacial score (nSPS) is 23.5. The van der Waals surface area contributed by atoms with Gasteiger partial charge in [-0.3, -0.25) is 4.89 Å². The molecule has 1 aromatic heterocycles. The maximum Gasteiger partial charge on any atom is 0.355 e. The minimum atomic E-state index is 0.168. The summed E-state index contributed by atoms with van der Waals surface area (Å²) in [5.41, 5.74) is 1.92. The van der Waals surface area contributed by atoms with Gasteiger partial charge in [-0.2, -0.15) is 0 Å². The average molecular weight is 152 g/mol. The SMILES string of the molecule is Cc1nocc1C1[B]OOC1. The summed E-state index contributed by atoms with van der Waals surface area (Å²) in [7, 11) is 1.64. The maximum atomic E-state index is 4.78. The topological polar surface area (TPSA) is 44.5 Å². The molecule has 2 heterocycles. The Hall–Kier alpha value is -0.805. The number of aromatic nitrogens is 1. The minimum Gasteiger partial charge on any atom is -0.364 e. The van der Waals surface area contributed by atoms with E-state index in [1.807, 2.05) is 6.92 Å². The zero-order valence-corrected chi connectivity index (χ0v) is 6.11. The van der Waals surface area contributed by atoms with E-state index in [2.05, 4.69) is 9.96 Å². The summed E-state index contributed by atoms with van der Waals surface area (Å²) in [6, 6.07) is 0. The van der Waals surface area contributed by atoms with Crippen molar-refractivity contribution in [3.05, 3.63) is 17.5 Å². The van der Waals surface area contributed by atoms with E-state index in [0.29, 0.717) is 6.61 Å². The molecule has 1 aliphatic heterocycles. The highest BCUT2D eigenvalue weighted by atomic mass is 17.2. The van der Waals surface area contributed by atoms with Gasteiger partial charge in [-0.25, -0.2) is 0 Å². The predicted molar refractivity (Wildman–Crippen MR) is 36.8 cm³/mol. The number of aryl methyl sites for hydroxylation is 1. The molecule has 0 bridgehead atoms. The van der Waals surface area contributed by atoms with E-state index in [-0.39, 0.29) is 5.82 Å². The highest BCUT2D eigenvalue weighted by Gasteiger charge is 2.25. The van der Waals surface area contributed by atoms with Crippen LogP contribution in [0, 0.1) is 6.92 Å². The highest BCUT2D eigenvalue weighted by Crippen LogP contribution is 2.22. The van der Waals surface area contributed by atoms with Gasteiger partial charge >= 0.3 is 7.48 Å². The van der Waals surface area contributed by atoms with Crippen molar-refractivity contribution < 1.29 is 14.2 Å². The summed E-state index contributed by atoms with van der Waals surface area (Å²) in [4.78, 5) is 9.35. The van der Waals surface area contributed by atoms with Crippen molar-refractivity contribution in [3.63, 3.8) is 0 Å². The molecule has 1 saturated heterocycles. The van der Waals surface area contributed by atoms with Gasteiger partial charge in [0.15, 0.2) is 0 Å². The highest BCUT2D eigenvalue weighted by molar-refractivity contribution is 6.30. The van der Waals surface area contributed by atoms with Gasteiger partial charge in [-0.1, -0.05) is 5.16 Å². The first-order chi connectivity index (χ1) is 5.38. The number of hydrogen-bond acceptors (Lipinski definition) is 4. The lowest BCUT2D eigenvalue weighted by Crippen LogP contribution is -2.04. The summed E-state index contributed by atoms with van der Waals surface area (Å²) in [6.07, 6.45) is 1.62. The molecule has 4 nitrogen and oxygen atoms in total. The third kappa shape index (κ3) is 1.17. The van der Waals surface area contributed by atoms with E-state index in [1.165, 1.54) is 0 Å². The molecule has 57 valence electrons. The van der Waals surface area contributed by atoms with Gasteiger partial charge in [0.25, 0.3) is 0 Å². The molecule has 0 N–H and O–H groups in total. The van der Waals surface area contributed by atoms with Gasteiger partial charge in [0, 0.05) is 11.4 Å². The van der Waals surface area contributed by atoms with E-state index in [1.54, 1.807) is 13.7 Å². The van der Waals surface area contributed by atoms with E-state index in [9.17, 15) is 0 Å². The zero-order valence-electron chi connectivity index (χ0n) is 6.11. The molecule has 0 amide bonds. The van der Waals surface area contributed by atoms with Gasteiger partial charge < -0.3 is 9.33 Å². The van der Waals surface area contributed by atoms with Crippen molar-refractivity contribution in [3.8, 4) is 0 Å². The molecule has 1 aliphatic rings. The van der Waals surface area contributed by atoms with Crippen LogP contribution in [0.15, 0.2) is 10.8 Å². The van der Waals surface area contributed by atoms with Crippen molar-refractivity contribution in [1.29, 1.82) is 0 Å². The Bertz CT molecular complexity index is 244. The van der Waals surface area contributed by atoms with E-state index in [0.717, 1.165) is 11.3 Å². The molecule has 0 aromatic carbocycles. The Kier molecular flexibility index (Phi) is 1.67. The second-order valence-electron chi connectivity index (χ2n) is 2.48. The van der Waals surface area contributed by atoms with E-state index >= 15 is 0 Å². The zero-order chi connectivity index (χ0) is 7.68. The fraction of sp³-hybridized carbons (Fsp3) is 0.500. The van der Waals surface area contributed by atoms with Crippen molar-refractivity contribution in [2.45, 2.75) is 12.7 Å². The predicted octanol–water partition coefficient (Wildman–Crippen LogP) is 0.605. The van der Waals surface area contributed by atoms with Gasteiger partial charge in [-0.15, -0.1) is 0 Å². The van der Waals surface area contributed by atoms with Crippen molar-refractivity contribution >= 4 is 7.48 Å². The maximum absolute atomic E-state index is 4.78. The number of nitrogens with zero attached hydrogens (tertiary/aromatic N) is 1. The fourth-order valence-electron chi connectivity index (χ4n) is 1.08. The molecule has 1 unspecified atom stereocenters. The van der Waals surface area contributed by atoms with Crippen molar-refractivity contribution in [2.24, 2.45) is 0 Å². The first kappa shape index (κ1) is 6.88. The quantitative estimate of drug-likeness (QED) is 0.436. The van der Waals surface area contributed by atoms with E-state index < -0.39 is 0 Å². The molecular formula is C6H7BNO3. The standard InChI is InChI=1S/C6H7BNO3/c1-4-5(2-9-8-4)6-3-10-11-7-6/h2,6H,3H2,1H3. The third-order valence-electron chi connectivity index (χ3n) is 1.72. The van der Waals surface area contributed by atoms with Gasteiger partial charge in [-0.05, 0) is 6.92 Å². The average Bonchev–Trinajstić information content (AvgIpc) is 2.55. The van der Waals surface area contributed by atoms with Gasteiger partial charge in [0.2, 0.25) is 0 Å². The van der Waals surface area contributed by atoms with Crippen molar-refractivity contribution in [1.82, 2.24) is 5.16 Å². The molecule has 5 heteroatoms. The Morgan fingerprint density at radius 3 is 3.18 bits per heavy atom. The van der Waals surface area contributed by atoms with E-state index in [4.69, 9.17) is 9.41 Å². The molecule has 1 atom stereocenters. The second kappa shape index (κ2) is 2.67. The van der Waals surface area contributed by atoms with Gasteiger partial charge in [0.05, 0.1) is 12.3 Å². The first-order valence-electron chi connectivity index (χ1n) is 3.40. The molecule has 2 rings (SSSR count). The Morgan fingerprint density at radius 2 is 2.64 bits per heavy atom. The molecular weight excluding hydrogens is 145 g/mol. The lowest BCUT2D eigenvalue weighted by Gasteiger charge is -1.98. The third-order valence-corrected chi connectivity index (χ3v) is 1.72. The smallest absolute Gasteiger partial charge is 0.355 e. The Balaban J connectivity index is 2.21. The fourth-order valence-corrected chi connectivity index (χ4v) is 1.08. The van der Waals surface area contributed by atoms with Crippen LogP contribution >= 0.6 is 0 Å². The van der Waals surface area contributed by atoms with Crippen LogP contribution in [0.4, 0.5) is 0 Å². The Morgan fingerprint density at radius 1 is 1.73 bits per heavy atom. The van der Waals surface area contributed by atoms with Crippen LogP contribution in [0.5, 0.6) is 0 Å². The Labute approximate surface area is 64.7 Å². The number of rotatable bonds is 1. The summed E-state index contributed by atoms with van der Waals surface area (Å²) in [5, 5.41) is 3.76. The van der Waals surface area contributed by atoms with Crippen LogP contribution < -0.4 is 0 Å². The summed E-state index contributed by atoms with van der Waals surface area (Å²) in [5.74, 6) is 0.168. The first-order valence-corrected chi connectivity index (χ1v) is 3.40. The molecule has 11 heavy (non-hydrogen) atoms. The molecule has 1 aromatic rings. The summed E-state index contributed by atoms with van der Waals surface area (Å²) in [6.45, 7) is 2.44. The van der Waals surface area contributed by atoms with Gasteiger partial charge in [0.1, 0.15) is 6.26 Å². The summed E-state index contributed by atoms with van der Waals surface area (Å²) < 4.78 is 4.78. The molecule has 0 spiro atoms. The van der Waals surface area contributed by atoms with Crippen LogP contribution in [0.3, 0.4) is 0 Å². The van der Waals surface area contributed by atoms with Crippen LogP contribution in [0.2, 0.25) is 0 Å². The minimum absolute atomic E-state index is 0.168. The molecule has 1 radical (unpaired) electrons. The second-order valence-corrected chi connectivity index (χ2v) is 2.48. The number of hydrogen-bond donors (Lipinski definition) is 0. The molecule has 0 aliphatic carbocycles. The summed E-state index contributed by atoms with van der Waals surface area (Å²) >= 11 is 0. The lowest BCUT2D eigenvalue weighted by molar-refractivity contribution is -0.183. The lowest BCUT2D eigenvalue weighted by atomic mass is 9.77. The monoisotopic (exact) mass is 152 g/mol.